The molecule has 0 fully saturated rings. The minimum Gasteiger partial charge on any atom is -0.366 e. The molecule has 2 aromatic heterocycles. The highest BCUT2D eigenvalue weighted by Crippen LogP contribution is 2.17. The standard InChI is InChI=1S/C17H25N5/c1-4-10-22(11-5-2)17-12-16(20-14(3)21-17)19-13-15-6-8-18-9-7-15/h6-9,12H,4-5,10-11,13H2,1-3H3,(H,19,20,21). The van der Waals surface area contributed by atoms with Gasteiger partial charge < -0.3 is 10.2 Å². The van der Waals surface area contributed by atoms with E-state index in [9.17, 15) is 0 Å². The van der Waals surface area contributed by atoms with Crippen LogP contribution >= 0.6 is 0 Å². The number of nitrogens with zero attached hydrogens (tertiary/aromatic N) is 4. The Morgan fingerprint density at radius 1 is 1.05 bits per heavy atom. The zero-order valence-electron chi connectivity index (χ0n) is 13.7. The van der Waals surface area contributed by atoms with E-state index in [2.05, 4.69) is 39.0 Å². The van der Waals surface area contributed by atoms with Crippen LogP contribution in [0.25, 0.3) is 0 Å². The van der Waals surface area contributed by atoms with Gasteiger partial charge in [-0.1, -0.05) is 13.8 Å². The van der Waals surface area contributed by atoms with Crippen LogP contribution in [0.4, 0.5) is 11.6 Å². The van der Waals surface area contributed by atoms with Crippen molar-refractivity contribution in [2.75, 3.05) is 23.3 Å². The molecule has 0 aliphatic carbocycles. The lowest BCUT2D eigenvalue weighted by Crippen LogP contribution is -2.26. The van der Waals surface area contributed by atoms with Crippen LogP contribution in [0.3, 0.4) is 0 Å². The molecule has 0 aliphatic heterocycles. The van der Waals surface area contributed by atoms with Gasteiger partial charge in [-0.2, -0.15) is 0 Å². The number of pyridine rings is 1. The van der Waals surface area contributed by atoms with E-state index in [0.29, 0.717) is 0 Å². The highest BCUT2D eigenvalue weighted by Gasteiger charge is 2.09. The van der Waals surface area contributed by atoms with Crippen molar-refractivity contribution in [1.82, 2.24) is 15.0 Å². The molecule has 0 unspecified atom stereocenters. The van der Waals surface area contributed by atoms with Crippen molar-refractivity contribution in [2.24, 2.45) is 0 Å². The second-order valence-corrected chi connectivity index (χ2v) is 5.35. The van der Waals surface area contributed by atoms with Gasteiger partial charge in [0.15, 0.2) is 0 Å². The van der Waals surface area contributed by atoms with E-state index in [1.165, 1.54) is 5.56 Å². The van der Waals surface area contributed by atoms with Gasteiger partial charge in [-0.05, 0) is 37.5 Å². The summed E-state index contributed by atoms with van der Waals surface area (Å²) in [6.45, 7) is 9.11. The summed E-state index contributed by atoms with van der Waals surface area (Å²) in [6, 6.07) is 6.05. The van der Waals surface area contributed by atoms with Crippen LogP contribution in [0.1, 0.15) is 38.1 Å². The summed E-state index contributed by atoms with van der Waals surface area (Å²) in [5.74, 6) is 2.68. The topological polar surface area (TPSA) is 53.9 Å². The Morgan fingerprint density at radius 2 is 1.73 bits per heavy atom. The fourth-order valence-electron chi connectivity index (χ4n) is 2.38. The molecule has 0 saturated carbocycles. The van der Waals surface area contributed by atoms with Crippen LogP contribution < -0.4 is 10.2 Å². The largest absolute Gasteiger partial charge is 0.366 e. The van der Waals surface area contributed by atoms with Crippen LogP contribution in [-0.4, -0.2) is 28.0 Å². The number of hydrogen-bond donors (Lipinski definition) is 1. The number of hydrogen-bond acceptors (Lipinski definition) is 5. The van der Waals surface area contributed by atoms with Crippen LogP contribution in [0, 0.1) is 6.92 Å². The average Bonchev–Trinajstić information content (AvgIpc) is 2.53. The monoisotopic (exact) mass is 299 g/mol. The SMILES string of the molecule is CCCN(CCC)c1cc(NCc2ccncc2)nc(C)n1. The van der Waals surface area contributed by atoms with Crippen LogP contribution in [0.5, 0.6) is 0 Å². The van der Waals surface area contributed by atoms with E-state index in [1.54, 1.807) is 12.4 Å². The van der Waals surface area contributed by atoms with E-state index < -0.39 is 0 Å². The summed E-state index contributed by atoms with van der Waals surface area (Å²) in [7, 11) is 0. The van der Waals surface area contributed by atoms with Crippen molar-refractivity contribution >= 4 is 11.6 Å². The predicted octanol–water partition coefficient (Wildman–Crippen LogP) is 3.42. The normalized spacial score (nSPS) is 10.5. The lowest BCUT2D eigenvalue weighted by atomic mass is 10.2. The molecule has 0 saturated heterocycles. The minimum atomic E-state index is 0.736. The third-order valence-electron chi connectivity index (χ3n) is 3.36. The number of nitrogens with one attached hydrogen (secondary N) is 1. The Hall–Kier alpha value is -2.17. The Labute approximate surface area is 132 Å². The van der Waals surface area contributed by atoms with Crippen molar-refractivity contribution in [3.8, 4) is 0 Å². The Morgan fingerprint density at radius 3 is 2.36 bits per heavy atom. The molecule has 0 aromatic carbocycles. The third kappa shape index (κ3) is 4.69. The molecule has 2 rings (SSSR count). The van der Waals surface area contributed by atoms with E-state index in [0.717, 1.165) is 49.9 Å². The molecule has 1 N–H and O–H groups in total. The van der Waals surface area contributed by atoms with Gasteiger partial charge in [-0.15, -0.1) is 0 Å². The lowest BCUT2D eigenvalue weighted by molar-refractivity contribution is 0.730. The van der Waals surface area contributed by atoms with Gasteiger partial charge in [0.2, 0.25) is 0 Å². The van der Waals surface area contributed by atoms with Crippen molar-refractivity contribution < 1.29 is 0 Å². The maximum atomic E-state index is 4.59. The third-order valence-corrected chi connectivity index (χ3v) is 3.36. The van der Waals surface area contributed by atoms with Gasteiger partial charge in [-0.3, -0.25) is 4.98 Å². The lowest BCUT2D eigenvalue weighted by Gasteiger charge is -2.23. The van der Waals surface area contributed by atoms with Gasteiger partial charge >= 0.3 is 0 Å². The molecule has 22 heavy (non-hydrogen) atoms. The van der Waals surface area contributed by atoms with Crippen LogP contribution in [0.15, 0.2) is 30.6 Å². The van der Waals surface area contributed by atoms with Gasteiger partial charge in [0.25, 0.3) is 0 Å². The van der Waals surface area contributed by atoms with Crippen LogP contribution in [0.2, 0.25) is 0 Å². The first kappa shape index (κ1) is 16.2. The smallest absolute Gasteiger partial charge is 0.134 e. The Kier molecular flexibility index (Phi) is 6.13. The summed E-state index contributed by atoms with van der Waals surface area (Å²) in [5.41, 5.74) is 1.19. The first-order valence-electron chi connectivity index (χ1n) is 7.96. The second-order valence-electron chi connectivity index (χ2n) is 5.35. The maximum absolute atomic E-state index is 4.59. The summed E-state index contributed by atoms with van der Waals surface area (Å²) in [5, 5.41) is 3.38. The van der Waals surface area contributed by atoms with Crippen molar-refractivity contribution in [3.05, 3.63) is 42.0 Å². The molecule has 5 nitrogen and oxygen atoms in total. The first-order chi connectivity index (χ1) is 10.7. The number of aromatic nitrogens is 3. The van der Waals surface area contributed by atoms with Gasteiger partial charge in [-0.25, -0.2) is 9.97 Å². The van der Waals surface area contributed by atoms with E-state index in [4.69, 9.17) is 0 Å². The number of aryl methyl sites for hydroxylation is 1. The van der Waals surface area contributed by atoms with Crippen molar-refractivity contribution in [1.29, 1.82) is 0 Å². The Balaban J connectivity index is 2.11. The van der Waals surface area contributed by atoms with E-state index in [1.807, 2.05) is 25.1 Å². The highest BCUT2D eigenvalue weighted by atomic mass is 15.2. The van der Waals surface area contributed by atoms with E-state index >= 15 is 0 Å². The summed E-state index contributed by atoms with van der Waals surface area (Å²) in [6.07, 6.45) is 5.83. The van der Waals surface area contributed by atoms with Gasteiger partial charge in [0.05, 0.1) is 0 Å². The van der Waals surface area contributed by atoms with Gasteiger partial charge in [0, 0.05) is 38.1 Å². The fourth-order valence-corrected chi connectivity index (χ4v) is 2.38. The molecule has 0 spiro atoms. The zero-order valence-corrected chi connectivity index (χ0v) is 13.7. The quantitative estimate of drug-likeness (QED) is 0.809. The zero-order chi connectivity index (χ0) is 15.8. The Bertz CT molecular complexity index is 565. The predicted molar refractivity (Wildman–Crippen MR) is 91.1 cm³/mol. The minimum absolute atomic E-state index is 0.736. The number of rotatable bonds is 8. The number of anilines is 2. The van der Waals surface area contributed by atoms with Gasteiger partial charge in [0.1, 0.15) is 17.5 Å². The van der Waals surface area contributed by atoms with Crippen molar-refractivity contribution in [3.63, 3.8) is 0 Å². The molecule has 0 amide bonds. The molecule has 2 aromatic rings. The maximum Gasteiger partial charge on any atom is 0.134 e. The molecule has 0 atom stereocenters. The molecule has 5 heteroatoms. The van der Waals surface area contributed by atoms with Crippen molar-refractivity contribution in [2.45, 2.75) is 40.2 Å². The molecule has 0 aliphatic rings. The van der Waals surface area contributed by atoms with Crippen LogP contribution in [-0.2, 0) is 6.54 Å². The highest BCUT2D eigenvalue weighted by molar-refractivity contribution is 5.49. The molecule has 2 heterocycles. The first-order valence-corrected chi connectivity index (χ1v) is 7.96. The molecular weight excluding hydrogens is 274 g/mol. The summed E-state index contributed by atoms with van der Waals surface area (Å²) in [4.78, 5) is 15.4. The second kappa shape index (κ2) is 8.32. The average molecular weight is 299 g/mol. The molecule has 0 radical (unpaired) electrons. The summed E-state index contributed by atoms with van der Waals surface area (Å²) < 4.78 is 0. The summed E-state index contributed by atoms with van der Waals surface area (Å²) >= 11 is 0. The molecule has 118 valence electrons. The fraction of sp³-hybridized carbons (Fsp3) is 0.471. The molecule has 0 bridgehead atoms. The molecular formula is C17H25N5. The van der Waals surface area contributed by atoms with E-state index in [-0.39, 0.29) is 0 Å².